The summed E-state index contributed by atoms with van der Waals surface area (Å²) >= 11 is 0. The number of fused-ring (bicyclic) bond motifs is 6. The van der Waals surface area contributed by atoms with Crippen LogP contribution in [-0.2, 0) is 10.8 Å². The second-order valence-electron chi connectivity index (χ2n) is 12.9. The highest BCUT2D eigenvalue weighted by molar-refractivity contribution is 5.96. The Morgan fingerprint density at radius 2 is 0.933 bits per heavy atom. The number of hydrogen-bond acceptors (Lipinski definition) is 1. The minimum absolute atomic E-state index is 0.176. The molecule has 9 rings (SSSR count). The molecule has 1 aliphatic heterocycles. The maximum atomic E-state index is 6.41. The molecule has 0 unspecified atom stereocenters. The zero-order valence-electron chi connectivity index (χ0n) is 25.4. The predicted molar refractivity (Wildman–Crippen MR) is 185 cm³/mol. The summed E-state index contributed by atoms with van der Waals surface area (Å²) in [4.78, 5) is 0. The van der Waals surface area contributed by atoms with Crippen molar-refractivity contribution in [2.24, 2.45) is 0 Å². The first-order valence-corrected chi connectivity index (χ1v) is 15.8. The molecule has 0 saturated carbocycles. The number of para-hydroxylation sites is 1. The summed E-state index contributed by atoms with van der Waals surface area (Å²) in [6, 6.07) is 57.9. The normalized spacial score (nSPS) is 15.0. The van der Waals surface area contributed by atoms with Gasteiger partial charge in [-0.1, -0.05) is 135 Å². The van der Waals surface area contributed by atoms with Gasteiger partial charge in [0.15, 0.2) is 0 Å². The SMILES string of the molecule is CC1(C)c2ccccc2Oc2ccc(-c3ccc4c(c3)C(c3ccccc3)(c3ccccc3)c3cc5ccccc5cc3-4)cc21. The Morgan fingerprint density at radius 3 is 1.64 bits per heavy atom. The van der Waals surface area contributed by atoms with Crippen molar-refractivity contribution in [3.05, 3.63) is 191 Å². The van der Waals surface area contributed by atoms with Crippen LogP contribution >= 0.6 is 0 Å². The van der Waals surface area contributed by atoms with Gasteiger partial charge in [0.05, 0.1) is 5.41 Å². The van der Waals surface area contributed by atoms with Crippen molar-refractivity contribution in [1.82, 2.24) is 0 Å². The fraction of sp³-hybridized carbons (Fsp3) is 0.0909. The molecule has 0 saturated heterocycles. The van der Waals surface area contributed by atoms with Gasteiger partial charge in [0.1, 0.15) is 11.5 Å². The molecule has 0 atom stereocenters. The first-order valence-electron chi connectivity index (χ1n) is 15.8. The fourth-order valence-electron chi connectivity index (χ4n) is 7.97. The predicted octanol–water partition coefficient (Wildman–Crippen LogP) is 11.3. The summed E-state index contributed by atoms with van der Waals surface area (Å²) in [5, 5.41) is 2.53. The van der Waals surface area contributed by atoms with Gasteiger partial charge in [0.2, 0.25) is 0 Å². The van der Waals surface area contributed by atoms with E-state index in [4.69, 9.17) is 4.74 Å². The molecule has 45 heavy (non-hydrogen) atoms. The van der Waals surface area contributed by atoms with Crippen LogP contribution in [-0.4, -0.2) is 0 Å². The van der Waals surface area contributed by atoms with E-state index in [2.05, 4.69) is 166 Å². The van der Waals surface area contributed by atoms with Crippen LogP contribution in [0.25, 0.3) is 33.0 Å². The highest BCUT2D eigenvalue weighted by atomic mass is 16.5. The van der Waals surface area contributed by atoms with Crippen LogP contribution in [0.1, 0.15) is 47.2 Å². The van der Waals surface area contributed by atoms with Crippen molar-refractivity contribution < 1.29 is 4.74 Å². The molecule has 0 amide bonds. The second kappa shape index (κ2) is 9.55. The Hall–Kier alpha value is -5.40. The molecule has 0 radical (unpaired) electrons. The van der Waals surface area contributed by atoms with E-state index >= 15 is 0 Å². The van der Waals surface area contributed by atoms with E-state index in [1.165, 1.54) is 66.4 Å². The van der Waals surface area contributed by atoms with Gasteiger partial charge in [-0.15, -0.1) is 0 Å². The molecule has 2 aliphatic rings. The molecule has 7 aromatic rings. The molecule has 214 valence electrons. The molecule has 7 aromatic carbocycles. The van der Waals surface area contributed by atoms with E-state index in [0.29, 0.717) is 0 Å². The van der Waals surface area contributed by atoms with Gasteiger partial charge in [-0.05, 0) is 91.7 Å². The van der Waals surface area contributed by atoms with Crippen molar-refractivity contribution in [3.63, 3.8) is 0 Å². The maximum absolute atomic E-state index is 6.41. The van der Waals surface area contributed by atoms with Crippen LogP contribution in [0.2, 0.25) is 0 Å². The van der Waals surface area contributed by atoms with E-state index in [0.717, 1.165) is 11.5 Å². The Balaban J connectivity index is 1.31. The Bertz CT molecular complexity index is 2220. The molecule has 0 fully saturated rings. The molecule has 0 spiro atoms. The highest BCUT2D eigenvalue weighted by Gasteiger charge is 2.46. The Kier molecular flexibility index (Phi) is 5.53. The zero-order chi connectivity index (χ0) is 30.2. The first kappa shape index (κ1) is 26.0. The summed E-state index contributed by atoms with van der Waals surface area (Å²) < 4.78 is 6.41. The van der Waals surface area contributed by atoms with Gasteiger partial charge in [-0.2, -0.15) is 0 Å². The smallest absolute Gasteiger partial charge is 0.131 e. The topological polar surface area (TPSA) is 9.23 Å². The molecule has 1 aliphatic carbocycles. The third kappa shape index (κ3) is 3.68. The average molecular weight is 577 g/mol. The standard InChI is InChI=1S/C44H32O/c1-43(2)37-19-11-12-20-41(37)45-42-24-22-32(28-40(42)43)31-21-23-35-36-25-29-13-9-10-14-30(29)26-39(36)44(38(35)27-31,33-15-5-3-6-16-33)34-17-7-4-8-18-34/h3-28H,1-2H3. The minimum Gasteiger partial charge on any atom is -0.457 e. The van der Waals surface area contributed by atoms with E-state index in [9.17, 15) is 0 Å². The van der Waals surface area contributed by atoms with Gasteiger partial charge in [0.25, 0.3) is 0 Å². The number of ether oxygens (including phenoxy) is 1. The average Bonchev–Trinajstić information content (AvgIpc) is 3.37. The van der Waals surface area contributed by atoms with E-state index in [1.807, 2.05) is 6.07 Å². The van der Waals surface area contributed by atoms with E-state index in [1.54, 1.807) is 0 Å². The zero-order valence-corrected chi connectivity index (χ0v) is 25.4. The minimum atomic E-state index is -0.456. The lowest BCUT2D eigenvalue weighted by Gasteiger charge is -2.35. The largest absolute Gasteiger partial charge is 0.457 e. The summed E-state index contributed by atoms with van der Waals surface area (Å²) in [6.07, 6.45) is 0. The van der Waals surface area contributed by atoms with E-state index in [-0.39, 0.29) is 5.41 Å². The summed E-state index contributed by atoms with van der Waals surface area (Å²) in [7, 11) is 0. The molecule has 1 heteroatoms. The van der Waals surface area contributed by atoms with Gasteiger partial charge >= 0.3 is 0 Å². The van der Waals surface area contributed by atoms with Crippen molar-refractivity contribution in [1.29, 1.82) is 0 Å². The molecular formula is C44H32O. The second-order valence-corrected chi connectivity index (χ2v) is 12.9. The third-order valence-corrected chi connectivity index (χ3v) is 10.2. The Morgan fingerprint density at radius 1 is 0.400 bits per heavy atom. The summed E-state index contributed by atoms with van der Waals surface area (Å²) in [6.45, 7) is 4.60. The van der Waals surface area contributed by atoms with Gasteiger partial charge in [0, 0.05) is 16.5 Å². The summed E-state index contributed by atoms with van der Waals surface area (Å²) in [5.41, 5.74) is 12.0. The lowest BCUT2D eigenvalue weighted by Crippen LogP contribution is -2.28. The lowest BCUT2D eigenvalue weighted by molar-refractivity contribution is 0.418. The molecule has 0 N–H and O–H groups in total. The van der Waals surface area contributed by atoms with Crippen LogP contribution < -0.4 is 4.74 Å². The quantitative estimate of drug-likeness (QED) is 0.203. The monoisotopic (exact) mass is 576 g/mol. The highest BCUT2D eigenvalue weighted by Crippen LogP contribution is 2.58. The Labute approximate surface area is 264 Å². The summed E-state index contributed by atoms with van der Waals surface area (Å²) in [5.74, 6) is 1.88. The number of rotatable bonds is 3. The van der Waals surface area contributed by atoms with Crippen LogP contribution in [0.15, 0.2) is 158 Å². The maximum Gasteiger partial charge on any atom is 0.131 e. The molecular weight excluding hydrogens is 544 g/mol. The molecule has 1 heterocycles. The molecule has 0 aromatic heterocycles. The van der Waals surface area contributed by atoms with Crippen molar-refractivity contribution in [2.75, 3.05) is 0 Å². The van der Waals surface area contributed by atoms with Gasteiger partial charge in [-0.3, -0.25) is 0 Å². The third-order valence-electron chi connectivity index (χ3n) is 10.2. The number of hydrogen-bond donors (Lipinski definition) is 0. The van der Waals surface area contributed by atoms with Gasteiger partial charge in [-0.25, -0.2) is 0 Å². The molecule has 0 bridgehead atoms. The van der Waals surface area contributed by atoms with Crippen LogP contribution in [0.5, 0.6) is 11.5 Å². The van der Waals surface area contributed by atoms with E-state index < -0.39 is 5.41 Å². The lowest BCUT2D eigenvalue weighted by atomic mass is 9.67. The van der Waals surface area contributed by atoms with Crippen molar-refractivity contribution in [3.8, 4) is 33.8 Å². The van der Waals surface area contributed by atoms with Crippen LogP contribution in [0.3, 0.4) is 0 Å². The van der Waals surface area contributed by atoms with Gasteiger partial charge < -0.3 is 4.74 Å². The van der Waals surface area contributed by atoms with Crippen molar-refractivity contribution >= 4 is 10.8 Å². The molecule has 1 nitrogen and oxygen atoms in total. The number of benzene rings is 7. The van der Waals surface area contributed by atoms with Crippen LogP contribution in [0.4, 0.5) is 0 Å². The first-order chi connectivity index (χ1) is 22.0. The fourth-order valence-corrected chi connectivity index (χ4v) is 7.97. The van der Waals surface area contributed by atoms with Crippen LogP contribution in [0, 0.1) is 0 Å². The van der Waals surface area contributed by atoms with Crippen molar-refractivity contribution in [2.45, 2.75) is 24.7 Å².